The Bertz CT molecular complexity index is 550. The Morgan fingerprint density at radius 2 is 1.92 bits per heavy atom. The van der Waals surface area contributed by atoms with E-state index in [0.29, 0.717) is 12.6 Å². The van der Waals surface area contributed by atoms with Crippen LogP contribution < -0.4 is 10.6 Å². The Balaban J connectivity index is 1.86. The zero-order valence-corrected chi connectivity index (χ0v) is 16.6. The highest BCUT2D eigenvalue weighted by Gasteiger charge is 2.20. The van der Waals surface area contributed by atoms with Crippen molar-refractivity contribution in [3.8, 4) is 0 Å². The lowest BCUT2D eigenvalue weighted by Gasteiger charge is -2.33. The van der Waals surface area contributed by atoms with Crippen molar-refractivity contribution in [1.29, 1.82) is 0 Å². The number of aliphatic imine (C=N–C) groups is 1. The number of nitrogens with one attached hydrogen (secondary N) is 2. The Hall–Kier alpha value is -1.66. The van der Waals surface area contributed by atoms with Gasteiger partial charge in [0, 0.05) is 32.7 Å². The molecule has 1 aliphatic rings. The number of hydrogen-bond acceptors (Lipinski definition) is 3. The van der Waals surface area contributed by atoms with Gasteiger partial charge < -0.3 is 20.4 Å². The van der Waals surface area contributed by atoms with Crippen LogP contribution in [0.3, 0.4) is 0 Å². The van der Waals surface area contributed by atoms with E-state index in [1.165, 1.54) is 25.1 Å². The van der Waals surface area contributed by atoms with Gasteiger partial charge in [-0.3, -0.25) is 4.99 Å². The molecule has 0 saturated carbocycles. The van der Waals surface area contributed by atoms with Crippen LogP contribution >= 0.6 is 0 Å². The molecule has 1 unspecified atom stereocenters. The van der Waals surface area contributed by atoms with Crippen LogP contribution in [0, 0.1) is 5.82 Å². The molecule has 0 amide bonds. The molecule has 0 aromatic heterocycles. The van der Waals surface area contributed by atoms with Gasteiger partial charge in [-0.15, -0.1) is 0 Å². The summed E-state index contributed by atoms with van der Waals surface area (Å²) >= 11 is 0. The van der Waals surface area contributed by atoms with Crippen LogP contribution in [-0.2, 0) is 0 Å². The first kappa shape index (κ1) is 20.6. The largest absolute Gasteiger partial charge is 0.354 e. The SMILES string of the molecule is CCCN1CCC(NC(=NC)NCC(c2ccc(F)cc2)N(C)C)CC1. The minimum Gasteiger partial charge on any atom is -0.354 e. The average Bonchev–Trinajstić information content (AvgIpc) is 2.63. The van der Waals surface area contributed by atoms with Crippen molar-refractivity contribution in [2.45, 2.75) is 38.3 Å². The average molecular weight is 364 g/mol. The van der Waals surface area contributed by atoms with E-state index >= 15 is 0 Å². The molecule has 0 spiro atoms. The Labute approximate surface area is 157 Å². The molecule has 1 aromatic carbocycles. The Morgan fingerprint density at radius 1 is 1.27 bits per heavy atom. The molecule has 2 N–H and O–H groups in total. The third kappa shape index (κ3) is 6.25. The van der Waals surface area contributed by atoms with Crippen molar-refractivity contribution in [3.63, 3.8) is 0 Å². The van der Waals surface area contributed by atoms with Gasteiger partial charge in [0.2, 0.25) is 0 Å². The highest BCUT2D eigenvalue weighted by molar-refractivity contribution is 5.80. The van der Waals surface area contributed by atoms with Crippen molar-refractivity contribution in [2.24, 2.45) is 4.99 Å². The maximum atomic E-state index is 13.2. The molecule has 1 atom stereocenters. The number of rotatable bonds is 7. The van der Waals surface area contributed by atoms with Crippen molar-refractivity contribution < 1.29 is 4.39 Å². The lowest BCUT2D eigenvalue weighted by molar-refractivity contribution is 0.206. The van der Waals surface area contributed by atoms with Crippen molar-refractivity contribution in [2.75, 3.05) is 47.3 Å². The third-order valence-electron chi connectivity index (χ3n) is 5.03. The zero-order chi connectivity index (χ0) is 18.9. The second-order valence-corrected chi connectivity index (χ2v) is 7.24. The molecular formula is C20H34FN5. The van der Waals surface area contributed by atoms with Gasteiger partial charge in [0.25, 0.3) is 0 Å². The maximum Gasteiger partial charge on any atom is 0.191 e. The van der Waals surface area contributed by atoms with Gasteiger partial charge in [0.1, 0.15) is 5.82 Å². The summed E-state index contributed by atoms with van der Waals surface area (Å²) in [7, 11) is 5.88. The fourth-order valence-electron chi connectivity index (χ4n) is 3.48. The standard InChI is InChI=1S/C20H34FN5/c1-5-12-26-13-10-18(11-14-26)24-20(22-2)23-15-19(25(3)4)16-6-8-17(21)9-7-16/h6-9,18-19H,5,10-15H2,1-4H3,(H2,22,23,24). The summed E-state index contributed by atoms with van der Waals surface area (Å²) < 4.78 is 13.2. The summed E-state index contributed by atoms with van der Waals surface area (Å²) in [4.78, 5) is 9.05. The maximum absolute atomic E-state index is 13.2. The van der Waals surface area contributed by atoms with Crippen molar-refractivity contribution in [1.82, 2.24) is 20.4 Å². The number of hydrogen-bond donors (Lipinski definition) is 2. The molecule has 1 fully saturated rings. The van der Waals surface area contributed by atoms with Crippen LogP contribution in [0.1, 0.15) is 37.8 Å². The van der Waals surface area contributed by atoms with E-state index in [9.17, 15) is 4.39 Å². The van der Waals surface area contributed by atoms with Gasteiger partial charge in [0.15, 0.2) is 5.96 Å². The van der Waals surface area contributed by atoms with Gasteiger partial charge >= 0.3 is 0 Å². The molecule has 0 aliphatic carbocycles. The summed E-state index contributed by atoms with van der Waals surface area (Å²) in [6, 6.07) is 7.35. The molecule has 1 saturated heterocycles. The first-order chi connectivity index (χ1) is 12.5. The van der Waals surface area contributed by atoms with Crippen molar-refractivity contribution >= 4 is 5.96 Å². The fraction of sp³-hybridized carbons (Fsp3) is 0.650. The molecular weight excluding hydrogens is 329 g/mol. The number of piperidine rings is 1. The van der Waals surface area contributed by atoms with E-state index in [4.69, 9.17) is 0 Å². The van der Waals surface area contributed by atoms with E-state index in [2.05, 4.69) is 32.3 Å². The van der Waals surface area contributed by atoms with E-state index in [1.807, 2.05) is 33.3 Å². The number of likely N-dealkylation sites (N-methyl/N-ethyl adjacent to an activating group) is 1. The summed E-state index contributed by atoms with van der Waals surface area (Å²) in [6.07, 6.45) is 3.52. The van der Waals surface area contributed by atoms with Crippen LogP contribution in [0.15, 0.2) is 29.3 Å². The van der Waals surface area contributed by atoms with Crippen LogP contribution in [0.25, 0.3) is 0 Å². The zero-order valence-electron chi connectivity index (χ0n) is 16.6. The van der Waals surface area contributed by atoms with E-state index < -0.39 is 0 Å². The van der Waals surface area contributed by atoms with E-state index in [0.717, 1.165) is 37.5 Å². The van der Waals surface area contributed by atoms with Crippen molar-refractivity contribution in [3.05, 3.63) is 35.6 Å². The van der Waals surface area contributed by atoms with Gasteiger partial charge in [-0.1, -0.05) is 19.1 Å². The first-order valence-corrected chi connectivity index (χ1v) is 9.65. The molecule has 26 heavy (non-hydrogen) atoms. The minimum absolute atomic E-state index is 0.153. The summed E-state index contributed by atoms with van der Waals surface area (Å²) in [5.41, 5.74) is 1.09. The molecule has 0 radical (unpaired) electrons. The normalized spacial score (nSPS) is 18.2. The topological polar surface area (TPSA) is 42.9 Å². The molecule has 1 heterocycles. The van der Waals surface area contributed by atoms with Crippen LogP contribution in [-0.4, -0.2) is 69.1 Å². The lowest BCUT2D eigenvalue weighted by atomic mass is 10.0. The predicted octanol–water partition coefficient (Wildman–Crippen LogP) is 2.47. The number of likely N-dealkylation sites (tertiary alicyclic amines) is 1. The second kappa shape index (κ2) is 10.5. The quantitative estimate of drug-likeness (QED) is 0.577. The van der Waals surface area contributed by atoms with Crippen LogP contribution in [0.5, 0.6) is 0 Å². The smallest absolute Gasteiger partial charge is 0.191 e. The lowest BCUT2D eigenvalue weighted by Crippen LogP contribution is -2.49. The Kier molecular flexibility index (Phi) is 8.32. The summed E-state index contributed by atoms with van der Waals surface area (Å²) in [5, 5.41) is 6.99. The van der Waals surface area contributed by atoms with Gasteiger partial charge in [-0.25, -0.2) is 4.39 Å². The molecule has 1 aliphatic heterocycles. The summed E-state index contributed by atoms with van der Waals surface area (Å²) in [5.74, 6) is 0.638. The fourth-order valence-corrected chi connectivity index (χ4v) is 3.48. The Morgan fingerprint density at radius 3 is 2.46 bits per heavy atom. The van der Waals surface area contributed by atoms with E-state index in [-0.39, 0.29) is 11.9 Å². The van der Waals surface area contributed by atoms with E-state index in [1.54, 1.807) is 0 Å². The first-order valence-electron chi connectivity index (χ1n) is 9.65. The van der Waals surface area contributed by atoms with Crippen LogP contribution in [0.2, 0.25) is 0 Å². The van der Waals surface area contributed by atoms with Gasteiger partial charge in [-0.2, -0.15) is 0 Å². The molecule has 6 heteroatoms. The number of guanidine groups is 1. The molecule has 5 nitrogen and oxygen atoms in total. The minimum atomic E-state index is -0.203. The molecule has 146 valence electrons. The number of halogens is 1. The number of benzene rings is 1. The molecule has 1 aromatic rings. The molecule has 2 rings (SSSR count). The molecule has 0 bridgehead atoms. The monoisotopic (exact) mass is 363 g/mol. The van der Waals surface area contributed by atoms with Gasteiger partial charge in [-0.05, 0) is 57.6 Å². The third-order valence-corrected chi connectivity index (χ3v) is 5.03. The summed E-state index contributed by atoms with van der Waals surface area (Å²) in [6.45, 7) is 6.45. The van der Waals surface area contributed by atoms with Gasteiger partial charge in [0.05, 0.1) is 6.04 Å². The second-order valence-electron chi connectivity index (χ2n) is 7.24. The van der Waals surface area contributed by atoms with Crippen LogP contribution in [0.4, 0.5) is 4.39 Å². The highest BCUT2D eigenvalue weighted by atomic mass is 19.1. The highest BCUT2D eigenvalue weighted by Crippen LogP contribution is 2.18. The number of nitrogens with zero attached hydrogens (tertiary/aromatic N) is 3. The predicted molar refractivity (Wildman–Crippen MR) is 107 cm³/mol.